The highest BCUT2D eigenvalue weighted by atomic mass is 32.2. The minimum atomic E-state index is -3.53. The SMILES string of the molecule is COc1ccc([C@H](CC(C)C)NC(=O)CN(Cc2ccccc2)S(C)(=O)=O)cc1. The van der Waals surface area contributed by atoms with Crippen molar-refractivity contribution in [2.45, 2.75) is 32.9 Å². The minimum absolute atomic E-state index is 0.157. The third-order valence-electron chi connectivity index (χ3n) is 4.55. The molecule has 0 spiro atoms. The van der Waals surface area contributed by atoms with Gasteiger partial charge in [-0.05, 0) is 35.6 Å². The van der Waals surface area contributed by atoms with Crippen molar-refractivity contribution in [1.29, 1.82) is 0 Å². The van der Waals surface area contributed by atoms with Gasteiger partial charge in [-0.1, -0.05) is 56.3 Å². The van der Waals surface area contributed by atoms with Crippen LogP contribution in [0.2, 0.25) is 0 Å². The summed E-state index contributed by atoms with van der Waals surface area (Å²) in [5.41, 5.74) is 1.79. The van der Waals surface area contributed by atoms with E-state index in [1.807, 2.05) is 54.6 Å². The van der Waals surface area contributed by atoms with Crippen LogP contribution < -0.4 is 10.1 Å². The summed E-state index contributed by atoms with van der Waals surface area (Å²) >= 11 is 0. The molecular weight excluding hydrogens is 388 g/mol. The second-order valence-corrected chi connectivity index (χ2v) is 9.52. The second kappa shape index (κ2) is 10.4. The first-order chi connectivity index (χ1) is 13.7. The van der Waals surface area contributed by atoms with Gasteiger partial charge in [-0.3, -0.25) is 4.79 Å². The Balaban J connectivity index is 2.13. The van der Waals surface area contributed by atoms with Gasteiger partial charge >= 0.3 is 0 Å². The van der Waals surface area contributed by atoms with Crippen LogP contribution in [0.25, 0.3) is 0 Å². The van der Waals surface area contributed by atoms with Crippen LogP contribution in [0.3, 0.4) is 0 Å². The summed E-state index contributed by atoms with van der Waals surface area (Å²) in [6, 6.07) is 16.6. The number of hydrogen-bond donors (Lipinski definition) is 1. The number of nitrogens with one attached hydrogen (secondary N) is 1. The lowest BCUT2D eigenvalue weighted by atomic mass is 9.97. The van der Waals surface area contributed by atoms with E-state index >= 15 is 0 Å². The first-order valence-electron chi connectivity index (χ1n) is 9.61. The summed E-state index contributed by atoms with van der Waals surface area (Å²) in [6.45, 7) is 4.10. The summed E-state index contributed by atoms with van der Waals surface area (Å²) in [4.78, 5) is 12.7. The molecule has 0 saturated heterocycles. The van der Waals surface area contributed by atoms with Crippen molar-refractivity contribution < 1.29 is 17.9 Å². The smallest absolute Gasteiger partial charge is 0.235 e. The number of methoxy groups -OCH3 is 1. The lowest BCUT2D eigenvalue weighted by Gasteiger charge is -2.24. The summed E-state index contributed by atoms with van der Waals surface area (Å²) in [5.74, 6) is 0.778. The zero-order chi connectivity index (χ0) is 21.4. The maximum Gasteiger partial charge on any atom is 0.235 e. The highest BCUT2D eigenvalue weighted by Gasteiger charge is 2.23. The number of nitrogens with zero attached hydrogens (tertiary/aromatic N) is 1. The fraction of sp³-hybridized carbons (Fsp3) is 0.409. The fourth-order valence-corrected chi connectivity index (χ4v) is 3.80. The Hall–Kier alpha value is -2.38. The van der Waals surface area contributed by atoms with Gasteiger partial charge in [0, 0.05) is 6.54 Å². The summed E-state index contributed by atoms with van der Waals surface area (Å²) < 4.78 is 30.8. The van der Waals surface area contributed by atoms with Crippen LogP contribution in [0.5, 0.6) is 5.75 Å². The van der Waals surface area contributed by atoms with Crippen LogP contribution >= 0.6 is 0 Å². The lowest BCUT2D eigenvalue weighted by Crippen LogP contribution is -2.41. The van der Waals surface area contributed by atoms with Crippen molar-refractivity contribution in [2.75, 3.05) is 19.9 Å². The Labute approximate surface area is 173 Å². The third-order valence-corrected chi connectivity index (χ3v) is 5.75. The molecule has 0 fully saturated rings. The maximum atomic E-state index is 12.7. The van der Waals surface area contributed by atoms with E-state index in [0.29, 0.717) is 5.92 Å². The average Bonchev–Trinajstić information content (AvgIpc) is 2.67. The lowest BCUT2D eigenvalue weighted by molar-refractivity contribution is -0.122. The normalized spacial score (nSPS) is 12.8. The maximum absolute atomic E-state index is 12.7. The minimum Gasteiger partial charge on any atom is -0.497 e. The molecule has 2 aromatic rings. The monoisotopic (exact) mass is 418 g/mol. The van der Waals surface area contributed by atoms with E-state index in [-0.39, 0.29) is 25.0 Å². The molecule has 0 bridgehead atoms. The van der Waals surface area contributed by atoms with Crippen molar-refractivity contribution in [3.05, 3.63) is 65.7 Å². The quantitative estimate of drug-likeness (QED) is 0.642. The molecule has 158 valence electrons. The van der Waals surface area contributed by atoms with E-state index in [1.165, 1.54) is 4.31 Å². The zero-order valence-corrected chi connectivity index (χ0v) is 18.3. The number of rotatable bonds is 10. The molecule has 0 radical (unpaired) electrons. The van der Waals surface area contributed by atoms with Gasteiger partial charge in [-0.15, -0.1) is 0 Å². The Morgan fingerprint density at radius 2 is 1.69 bits per heavy atom. The Morgan fingerprint density at radius 3 is 2.21 bits per heavy atom. The molecule has 1 N–H and O–H groups in total. The predicted molar refractivity (Wildman–Crippen MR) is 115 cm³/mol. The Kier molecular flexibility index (Phi) is 8.22. The van der Waals surface area contributed by atoms with Gasteiger partial charge in [0.05, 0.1) is 26.0 Å². The first-order valence-corrected chi connectivity index (χ1v) is 11.5. The molecule has 0 heterocycles. The second-order valence-electron chi connectivity index (χ2n) is 7.54. The van der Waals surface area contributed by atoms with E-state index in [0.717, 1.165) is 29.6 Å². The number of ether oxygens (including phenoxy) is 1. The molecular formula is C22H30N2O4S. The Morgan fingerprint density at radius 1 is 1.07 bits per heavy atom. The molecule has 2 aromatic carbocycles. The van der Waals surface area contributed by atoms with Crippen LogP contribution in [0.1, 0.15) is 37.4 Å². The molecule has 1 amide bonds. The number of sulfonamides is 1. The molecule has 2 rings (SSSR count). The van der Waals surface area contributed by atoms with Gasteiger partial charge in [0.1, 0.15) is 5.75 Å². The Bertz CT molecular complexity index is 881. The third kappa shape index (κ3) is 7.51. The molecule has 0 aliphatic carbocycles. The number of amides is 1. The van der Waals surface area contributed by atoms with E-state index in [2.05, 4.69) is 19.2 Å². The van der Waals surface area contributed by atoms with Gasteiger partial charge in [0.2, 0.25) is 15.9 Å². The molecule has 7 heteroatoms. The van der Waals surface area contributed by atoms with Crippen molar-refractivity contribution in [3.63, 3.8) is 0 Å². The van der Waals surface area contributed by atoms with Gasteiger partial charge in [0.15, 0.2) is 0 Å². The standard InChI is InChI=1S/C22H30N2O4S/c1-17(2)14-21(19-10-12-20(28-3)13-11-19)23-22(25)16-24(29(4,26)27)15-18-8-6-5-7-9-18/h5-13,17,21H,14-16H2,1-4H3,(H,23,25)/t21-/m0/s1. The van der Waals surface area contributed by atoms with Crippen molar-refractivity contribution in [3.8, 4) is 5.75 Å². The van der Waals surface area contributed by atoms with Crippen molar-refractivity contribution >= 4 is 15.9 Å². The molecule has 0 aromatic heterocycles. The van der Waals surface area contributed by atoms with Crippen LogP contribution in [0.15, 0.2) is 54.6 Å². The van der Waals surface area contributed by atoms with E-state index in [4.69, 9.17) is 4.74 Å². The molecule has 1 atom stereocenters. The van der Waals surface area contributed by atoms with Gasteiger partial charge in [-0.2, -0.15) is 4.31 Å². The fourth-order valence-electron chi connectivity index (χ4n) is 3.06. The highest BCUT2D eigenvalue weighted by molar-refractivity contribution is 7.88. The number of benzene rings is 2. The highest BCUT2D eigenvalue weighted by Crippen LogP contribution is 2.23. The van der Waals surface area contributed by atoms with Crippen LogP contribution in [0.4, 0.5) is 0 Å². The molecule has 0 aliphatic rings. The van der Waals surface area contributed by atoms with Crippen molar-refractivity contribution in [1.82, 2.24) is 9.62 Å². The molecule has 0 aliphatic heterocycles. The number of carbonyl (C=O) groups is 1. The molecule has 0 unspecified atom stereocenters. The summed E-state index contributed by atoms with van der Waals surface area (Å²) in [5, 5.41) is 3.00. The molecule has 0 saturated carbocycles. The van der Waals surface area contributed by atoms with Crippen LogP contribution in [-0.4, -0.2) is 38.5 Å². The number of hydrogen-bond acceptors (Lipinski definition) is 4. The molecule has 6 nitrogen and oxygen atoms in total. The summed E-state index contributed by atoms with van der Waals surface area (Å²) in [6.07, 6.45) is 1.87. The van der Waals surface area contributed by atoms with E-state index < -0.39 is 10.0 Å². The predicted octanol–water partition coefficient (Wildman–Crippen LogP) is 3.36. The first kappa shape index (κ1) is 22.9. The summed E-state index contributed by atoms with van der Waals surface area (Å²) in [7, 11) is -1.93. The van der Waals surface area contributed by atoms with Crippen LogP contribution in [-0.2, 0) is 21.4 Å². The van der Waals surface area contributed by atoms with Gasteiger partial charge in [-0.25, -0.2) is 8.42 Å². The van der Waals surface area contributed by atoms with Crippen LogP contribution in [0, 0.1) is 5.92 Å². The number of carbonyl (C=O) groups excluding carboxylic acids is 1. The van der Waals surface area contributed by atoms with Gasteiger partial charge in [0.25, 0.3) is 0 Å². The van der Waals surface area contributed by atoms with Crippen molar-refractivity contribution in [2.24, 2.45) is 5.92 Å². The largest absolute Gasteiger partial charge is 0.497 e. The van der Waals surface area contributed by atoms with E-state index in [9.17, 15) is 13.2 Å². The topological polar surface area (TPSA) is 75.7 Å². The zero-order valence-electron chi connectivity index (χ0n) is 17.5. The average molecular weight is 419 g/mol. The molecule has 29 heavy (non-hydrogen) atoms. The van der Waals surface area contributed by atoms with E-state index in [1.54, 1.807) is 7.11 Å². The van der Waals surface area contributed by atoms with Gasteiger partial charge < -0.3 is 10.1 Å².